The zero-order chi connectivity index (χ0) is 14.2. The Balaban J connectivity index is 2.11. The third kappa shape index (κ3) is 2.59. The number of rotatable bonds is 4. The molecule has 1 fully saturated rings. The van der Waals surface area contributed by atoms with E-state index in [9.17, 15) is 14.4 Å². The molecule has 19 heavy (non-hydrogen) atoms. The average molecular weight is 302 g/mol. The molecule has 0 aromatic rings. The van der Waals surface area contributed by atoms with Gasteiger partial charge in [-0.3, -0.25) is 14.5 Å². The predicted molar refractivity (Wildman–Crippen MR) is 73.7 cm³/mol. The number of carbonyl (C=O) groups excluding carboxylic acids is 2. The third-order valence-electron chi connectivity index (χ3n) is 2.86. The van der Waals surface area contributed by atoms with Crippen LogP contribution in [0.1, 0.15) is 6.92 Å². The maximum absolute atomic E-state index is 11.9. The molecule has 2 N–H and O–H groups in total. The van der Waals surface area contributed by atoms with Crippen molar-refractivity contribution in [3.8, 4) is 0 Å². The molecule has 3 atom stereocenters. The smallest absolute Gasteiger partial charge is 0.352 e. The molecule has 2 aliphatic heterocycles. The van der Waals surface area contributed by atoms with E-state index in [1.54, 1.807) is 12.3 Å². The van der Waals surface area contributed by atoms with Crippen LogP contribution < -0.4 is 5.32 Å². The fourth-order valence-corrected chi connectivity index (χ4v) is 3.75. The van der Waals surface area contributed by atoms with Crippen LogP contribution in [0, 0.1) is 0 Å². The molecule has 2 amide bonds. The van der Waals surface area contributed by atoms with Gasteiger partial charge in [0.2, 0.25) is 5.91 Å². The largest absolute Gasteiger partial charge is 0.477 e. The normalized spacial score (nSPS) is 29.2. The predicted octanol–water partition coefficient (Wildman–Crippen LogP) is 0.106. The van der Waals surface area contributed by atoms with Crippen LogP contribution in [0.15, 0.2) is 11.8 Å². The minimum atomic E-state index is -1.11. The molecule has 0 spiro atoms. The van der Waals surface area contributed by atoms with Crippen LogP contribution >= 0.6 is 23.5 Å². The van der Waals surface area contributed by atoms with Gasteiger partial charge in [0.1, 0.15) is 17.1 Å². The number of carbonyl (C=O) groups is 3. The highest BCUT2D eigenvalue weighted by Crippen LogP contribution is 2.40. The molecule has 6 nitrogen and oxygen atoms in total. The van der Waals surface area contributed by atoms with Gasteiger partial charge in [-0.15, -0.1) is 11.8 Å². The van der Waals surface area contributed by atoms with Crippen molar-refractivity contribution in [2.75, 3.05) is 12.0 Å². The second-order valence-corrected chi connectivity index (χ2v) is 6.64. The molecule has 2 heterocycles. The molecule has 0 bridgehead atoms. The molecule has 104 valence electrons. The van der Waals surface area contributed by atoms with Gasteiger partial charge in [-0.2, -0.15) is 11.8 Å². The van der Waals surface area contributed by atoms with E-state index in [2.05, 4.69) is 5.32 Å². The summed E-state index contributed by atoms with van der Waals surface area (Å²) < 4.78 is 0. The summed E-state index contributed by atoms with van der Waals surface area (Å²) >= 11 is 2.85. The van der Waals surface area contributed by atoms with Crippen molar-refractivity contribution in [3.63, 3.8) is 0 Å². The SMILES string of the molecule is CSCC(=O)NC1C(=O)N2C(C(=O)O)=CC(C)S[C@H]12. The average Bonchev–Trinajstić information content (AvgIpc) is 2.35. The highest BCUT2D eigenvalue weighted by Gasteiger charge is 2.53. The molecule has 2 aliphatic rings. The maximum atomic E-state index is 11.9. The Morgan fingerprint density at radius 1 is 1.58 bits per heavy atom. The van der Waals surface area contributed by atoms with Crippen LogP contribution in [0.5, 0.6) is 0 Å². The van der Waals surface area contributed by atoms with Crippen molar-refractivity contribution in [1.29, 1.82) is 0 Å². The minimum Gasteiger partial charge on any atom is -0.477 e. The van der Waals surface area contributed by atoms with Gasteiger partial charge in [-0.1, -0.05) is 0 Å². The Bertz CT molecular complexity index is 466. The highest BCUT2D eigenvalue weighted by atomic mass is 32.2. The molecule has 2 unspecified atom stereocenters. The zero-order valence-corrected chi connectivity index (χ0v) is 12.1. The second kappa shape index (κ2) is 5.46. The van der Waals surface area contributed by atoms with Crippen molar-refractivity contribution in [2.24, 2.45) is 0 Å². The molecule has 8 heteroatoms. The van der Waals surface area contributed by atoms with Gasteiger partial charge in [-0.25, -0.2) is 4.79 Å². The van der Waals surface area contributed by atoms with Crippen LogP contribution in [0.3, 0.4) is 0 Å². The molecule has 0 aromatic heterocycles. The van der Waals surface area contributed by atoms with Crippen LogP contribution in [0.2, 0.25) is 0 Å². The topological polar surface area (TPSA) is 86.7 Å². The highest BCUT2D eigenvalue weighted by molar-refractivity contribution is 8.00. The Morgan fingerprint density at radius 3 is 2.84 bits per heavy atom. The standard InChI is InChI=1S/C11H14N2O4S2/c1-5-3-6(11(16)17)13-9(15)8(10(13)19-5)12-7(14)4-18-2/h3,5,8,10H,4H2,1-2H3,(H,12,14)(H,16,17)/t5?,8?,10-/m1/s1. The monoisotopic (exact) mass is 302 g/mol. The number of hydrogen-bond acceptors (Lipinski definition) is 5. The van der Waals surface area contributed by atoms with Crippen LogP contribution in [0.4, 0.5) is 0 Å². The summed E-state index contributed by atoms with van der Waals surface area (Å²) in [6.07, 6.45) is 3.36. The lowest BCUT2D eigenvalue weighted by atomic mass is 10.0. The van der Waals surface area contributed by atoms with Gasteiger partial charge in [0, 0.05) is 5.25 Å². The molecule has 1 saturated heterocycles. The lowest BCUT2D eigenvalue weighted by molar-refractivity contribution is -0.150. The Hall–Kier alpha value is -1.15. The second-order valence-electron chi connectivity index (χ2n) is 4.28. The van der Waals surface area contributed by atoms with E-state index in [-0.39, 0.29) is 28.1 Å². The first-order valence-electron chi connectivity index (χ1n) is 5.67. The van der Waals surface area contributed by atoms with Gasteiger partial charge in [0.25, 0.3) is 5.91 Å². The van der Waals surface area contributed by atoms with E-state index in [1.165, 1.54) is 28.4 Å². The summed E-state index contributed by atoms with van der Waals surface area (Å²) in [4.78, 5) is 35.8. The minimum absolute atomic E-state index is 0.000372. The van der Waals surface area contributed by atoms with Crippen LogP contribution in [-0.2, 0) is 14.4 Å². The summed E-state index contributed by atoms with van der Waals surface area (Å²) in [5, 5.41) is 11.4. The number of amides is 2. The number of carboxylic acids is 1. The van der Waals surface area contributed by atoms with Gasteiger partial charge in [0.15, 0.2) is 0 Å². The first kappa shape index (κ1) is 14.3. The van der Waals surface area contributed by atoms with Crippen molar-refractivity contribution >= 4 is 41.3 Å². The van der Waals surface area contributed by atoms with Crippen LogP contribution in [-0.4, -0.2) is 56.5 Å². The lowest BCUT2D eigenvalue weighted by Gasteiger charge is -2.49. The fourth-order valence-electron chi connectivity index (χ4n) is 2.07. The van der Waals surface area contributed by atoms with Crippen molar-refractivity contribution in [3.05, 3.63) is 11.8 Å². The summed E-state index contributed by atoms with van der Waals surface area (Å²) in [5.41, 5.74) is 0.0108. The van der Waals surface area contributed by atoms with Gasteiger partial charge in [0.05, 0.1) is 5.75 Å². The number of fused-ring (bicyclic) bond motifs is 1. The summed E-state index contributed by atoms with van der Waals surface area (Å²) in [5.74, 6) is -1.38. The van der Waals surface area contributed by atoms with Crippen molar-refractivity contribution in [1.82, 2.24) is 10.2 Å². The van der Waals surface area contributed by atoms with Crippen molar-refractivity contribution in [2.45, 2.75) is 23.6 Å². The Kier molecular flexibility index (Phi) is 4.10. The summed E-state index contributed by atoms with van der Waals surface area (Å²) in [6.45, 7) is 1.87. The lowest BCUT2D eigenvalue weighted by Crippen LogP contribution is -2.70. The summed E-state index contributed by atoms with van der Waals surface area (Å²) in [7, 11) is 0. The fraction of sp³-hybridized carbons (Fsp3) is 0.545. The molecular weight excluding hydrogens is 288 g/mol. The maximum Gasteiger partial charge on any atom is 0.352 e. The van der Waals surface area contributed by atoms with E-state index in [0.717, 1.165) is 0 Å². The molecule has 0 radical (unpaired) electrons. The molecular formula is C11H14N2O4S2. The van der Waals surface area contributed by atoms with Gasteiger partial charge >= 0.3 is 5.97 Å². The van der Waals surface area contributed by atoms with E-state index in [1.807, 2.05) is 6.92 Å². The Morgan fingerprint density at radius 2 is 2.26 bits per heavy atom. The van der Waals surface area contributed by atoms with Crippen LogP contribution in [0.25, 0.3) is 0 Å². The van der Waals surface area contributed by atoms with Crippen molar-refractivity contribution < 1.29 is 19.5 Å². The third-order valence-corrected chi connectivity index (χ3v) is 4.74. The number of nitrogens with one attached hydrogen (secondary N) is 1. The van der Waals surface area contributed by atoms with E-state index < -0.39 is 12.0 Å². The first-order chi connectivity index (χ1) is 8.95. The number of nitrogens with zero attached hydrogens (tertiary/aromatic N) is 1. The van der Waals surface area contributed by atoms with Gasteiger partial charge < -0.3 is 10.4 Å². The number of carboxylic acid groups (broad SMARTS) is 1. The number of β-lactam (4-membered cyclic amide) rings is 1. The van der Waals surface area contributed by atoms with E-state index >= 15 is 0 Å². The zero-order valence-electron chi connectivity index (χ0n) is 10.5. The number of thioether (sulfide) groups is 2. The quantitative estimate of drug-likeness (QED) is 0.717. The molecule has 2 rings (SSSR count). The van der Waals surface area contributed by atoms with E-state index in [4.69, 9.17) is 5.11 Å². The molecule has 0 saturated carbocycles. The van der Waals surface area contributed by atoms with Gasteiger partial charge in [-0.05, 0) is 19.3 Å². The number of hydrogen-bond donors (Lipinski definition) is 2. The number of aliphatic carboxylic acids is 1. The summed E-state index contributed by atoms with van der Waals surface area (Å²) in [6, 6.07) is -0.616. The molecule has 0 aromatic carbocycles. The first-order valence-corrected chi connectivity index (χ1v) is 8.01. The Labute approximate surface area is 119 Å². The molecule has 0 aliphatic carbocycles. The van der Waals surface area contributed by atoms with E-state index in [0.29, 0.717) is 5.75 Å².